The second-order valence-corrected chi connectivity index (χ2v) is 3.82. The van der Waals surface area contributed by atoms with E-state index in [1.165, 1.54) is 0 Å². The number of nitrogens with zero attached hydrogens (tertiary/aromatic N) is 1. The van der Waals surface area contributed by atoms with Gasteiger partial charge in [0.25, 0.3) is 0 Å². The van der Waals surface area contributed by atoms with Crippen LogP contribution < -0.4 is 5.32 Å². The van der Waals surface area contributed by atoms with Crippen LogP contribution in [0.4, 0.5) is 4.79 Å². The van der Waals surface area contributed by atoms with Gasteiger partial charge in [-0.15, -0.1) is 0 Å². The molecule has 0 bridgehead atoms. The van der Waals surface area contributed by atoms with Crippen molar-refractivity contribution in [2.24, 2.45) is 0 Å². The molecular formula is C9H16N2O4. The molecule has 0 aromatic rings. The SMILES string of the molecule is CCNC(=O)N1CC(C)(OCC(=O)O)C1. The molecule has 6 heteroatoms. The predicted octanol–water partition coefficient (Wildman–Crippen LogP) is -0.109. The van der Waals surface area contributed by atoms with Crippen LogP contribution in [-0.2, 0) is 9.53 Å². The average molecular weight is 216 g/mol. The maximum absolute atomic E-state index is 11.3. The molecule has 86 valence electrons. The van der Waals surface area contributed by atoms with E-state index >= 15 is 0 Å². The third kappa shape index (κ3) is 3.09. The topological polar surface area (TPSA) is 78.9 Å². The number of carbonyl (C=O) groups is 2. The van der Waals surface area contributed by atoms with Crippen molar-refractivity contribution in [2.75, 3.05) is 26.2 Å². The van der Waals surface area contributed by atoms with Crippen LogP contribution in [0.15, 0.2) is 0 Å². The van der Waals surface area contributed by atoms with Crippen LogP contribution in [0.5, 0.6) is 0 Å². The number of rotatable bonds is 4. The molecule has 2 amide bonds. The molecule has 15 heavy (non-hydrogen) atoms. The summed E-state index contributed by atoms with van der Waals surface area (Å²) < 4.78 is 5.16. The number of carboxylic acids is 1. The molecule has 1 aliphatic rings. The van der Waals surface area contributed by atoms with Crippen molar-refractivity contribution in [3.8, 4) is 0 Å². The molecule has 0 aromatic heterocycles. The molecule has 0 aliphatic carbocycles. The fourth-order valence-corrected chi connectivity index (χ4v) is 1.50. The number of urea groups is 1. The first kappa shape index (κ1) is 11.8. The Morgan fingerprint density at radius 2 is 2.13 bits per heavy atom. The summed E-state index contributed by atoms with van der Waals surface area (Å²) in [5, 5.41) is 11.1. The highest BCUT2D eigenvalue weighted by Gasteiger charge is 2.42. The van der Waals surface area contributed by atoms with Crippen LogP contribution in [0.1, 0.15) is 13.8 Å². The van der Waals surface area contributed by atoms with Crippen molar-refractivity contribution in [1.29, 1.82) is 0 Å². The fourth-order valence-electron chi connectivity index (χ4n) is 1.50. The lowest BCUT2D eigenvalue weighted by Gasteiger charge is -2.46. The van der Waals surface area contributed by atoms with E-state index in [4.69, 9.17) is 9.84 Å². The lowest BCUT2D eigenvalue weighted by Crippen LogP contribution is -2.65. The molecule has 0 saturated carbocycles. The normalized spacial score (nSPS) is 18.1. The smallest absolute Gasteiger partial charge is 0.329 e. The maximum Gasteiger partial charge on any atom is 0.329 e. The van der Waals surface area contributed by atoms with Gasteiger partial charge < -0.3 is 20.1 Å². The number of likely N-dealkylation sites (tertiary alicyclic amines) is 1. The monoisotopic (exact) mass is 216 g/mol. The van der Waals surface area contributed by atoms with Crippen molar-refractivity contribution in [3.05, 3.63) is 0 Å². The van der Waals surface area contributed by atoms with Crippen LogP contribution in [-0.4, -0.2) is 53.8 Å². The Bertz CT molecular complexity index is 261. The molecule has 0 spiro atoms. The molecule has 1 aliphatic heterocycles. The van der Waals surface area contributed by atoms with Crippen molar-refractivity contribution in [2.45, 2.75) is 19.4 Å². The minimum atomic E-state index is -0.993. The van der Waals surface area contributed by atoms with E-state index in [1.807, 2.05) is 6.92 Å². The zero-order valence-electron chi connectivity index (χ0n) is 8.95. The zero-order chi connectivity index (χ0) is 11.5. The number of ether oxygens (including phenoxy) is 1. The van der Waals surface area contributed by atoms with Crippen LogP contribution in [0.25, 0.3) is 0 Å². The molecular weight excluding hydrogens is 200 g/mol. The summed E-state index contributed by atoms with van der Waals surface area (Å²) in [6, 6.07) is -0.131. The Kier molecular flexibility index (Phi) is 3.52. The van der Waals surface area contributed by atoms with E-state index in [1.54, 1.807) is 11.8 Å². The molecule has 0 radical (unpaired) electrons. The Balaban J connectivity index is 2.28. The average Bonchev–Trinajstić information content (AvgIpc) is 2.10. The number of hydrogen-bond donors (Lipinski definition) is 2. The van der Waals surface area contributed by atoms with E-state index in [0.29, 0.717) is 19.6 Å². The molecule has 0 unspecified atom stereocenters. The van der Waals surface area contributed by atoms with Gasteiger partial charge in [-0.25, -0.2) is 9.59 Å². The maximum atomic E-state index is 11.3. The van der Waals surface area contributed by atoms with Crippen molar-refractivity contribution < 1.29 is 19.4 Å². The molecule has 1 rings (SSSR count). The molecule has 0 atom stereocenters. The largest absolute Gasteiger partial charge is 0.480 e. The van der Waals surface area contributed by atoms with Gasteiger partial charge in [0.1, 0.15) is 12.2 Å². The van der Waals surface area contributed by atoms with E-state index in [-0.39, 0.29) is 12.6 Å². The van der Waals surface area contributed by atoms with Gasteiger partial charge in [0.05, 0.1) is 13.1 Å². The van der Waals surface area contributed by atoms with Crippen LogP contribution in [0.3, 0.4) is 0 Å². The van der Waals surface area contributed by atoms with Gasteiger partial charge in [-0.1, -0.05) is 0 Å². The Morgan fingerprint density at radius 1 is 1.53 bits per heavy atom. The number of hydrogen-bond acceptors (Lipinski definition) is 3. The quantitative estimate of drug-likeness (QED) is 0.687. The van der Waals surface area contributed by atoms with Crippen LogP contribution in [0.2, 0.25) is 0 Å². The highest BCUT2D eigenvalue weighted by atomic mass is 16.5. The summed E-state index contributed by atoms with van der Waals surface area (Å²) in [6.45, 7) is 4.78. The first-order chi connectivity index (χ1) is 6.97. The van der Waals surface area contributed by atoms with E-state index < -0.39 is 11.6 Å². The lowest BCUT2D eigenvalue weighted by molar-refractivity contribution is -0.159. The van der Waals surface area contributed by atoms with Crippen molar-refractivity contribution >= 4 is 12.0 Å². The summed E-state index contributed by atoms with van der Waals surface area (Å²) in [5.74, 6) is -0.993. The molecule has 0 aromatic carbocycles. The number of carboxylic acid groups (broad SMARTS) is 1. The first-order valence-electron chi connectivity index (χ1n) is 4.85. The molecule has 1 saturated heterocycles. The van der Waals surface area contributed by atoms with E-state index in [9.17, 15) is 9.59 Å². The summed E-state index contributed by atoms with van der Waals surface area (Å²) >= 11 is 0. The lowest BCUT2D eigenvalue weighted by atomic mass is 9.97. The summed E-state index contributed by atoms with van der Waals surface area (Å²) in [5.41, 5.74) is -0.510. The second kappa shape index (κ2) is 4.48. The standard InChI is InChI=1S/C9H16N2O4/c1-3-10-8(14)11-5-9(2,6-11)15-4-7(12)13/h3-6H2,1-2H3,(H,10,14)(H,12,13). The molecule has 6 nitrogen and oxygen atoms in total. The Labute approximate surface area is 88.2 Å². The number of amides is 2. The zero-order valence-corrected chi connectivity index (χ0v) is 8.95. The van der Waals surface area contributed by atoms with E-state index in [2.05, 4.69) is 5.32 Å². The van der Waals surface area contributed by atoms with Gasteiger partial charge >= 0.3 is 12.0 Å². The Morgan fingerprint density at radius 3 is 2.60 bits per heavy atom. The van der Waals surface area contributed by atoms with Crippen molar-refractivity contribution in [3.63, 3.8) is 0 Å². The highest BCUT2D eigenvalue weighted by Crippen LogP contribution is 2.24. The summed E-state index contributed by atoms with van der Waals surface area (Å²) in [7, 11) is 0. The predicted molar refractivity (Wildman–Crippen MR) is 52.6 cm³/mol. The van der Waals surface area contributed by atoms with Gasteiger partial charge in [-0.2, -0.15) is 0 Å². The fraction of sp³-hybridized carbons (Fsp3) is 0.778. The molecule has 1 fully saturated rings. The van der Waals surface area contributed by atoms with Crippen LogP contribution in [0, 0.1) is 0 Å². The Hall–Kier alpha value is -1.30. The highest BCUT2D eigenvalue weighted by molar-refractivity contribution is 5.75. The van der Waals surface area contributed by atoms with Gasteiger partial charge in [-0.3, -0.25) is 0 Å². The number of aliphatic carboxylic acids is 1. The van der Waals surface area contributed by atoms with Gasteiger partial charge in [-0.05, 0) is 13.8 Å². The van der Waals surface area contributed by atoms with Gasteiger partial charge in [0.15, 0.2) is 0 Å². The summed E-state index contributed by atoms with van der Waals surface area (Å²) in [6.07, 6.45) is 0. The third-order valence-electron chi connectivity index (χ3n) is 2.21. The van der Waals surface area contributed by atoms with E-state index in [0.717, 1.165) is 0 Å². The number of nitrogens with one attached hydrogen (secondary N) is 1. The second-order valence-electron chi connectivity index (χ2n) is 3.82. The number of carbonyl (C=O) groups excluding carboxylic acids is 1. The minimum Gasteiger partial charge on any atom is -0.480 e. The third-order valence-corrected chi connectivity index (χ3v) is 2.21. The molecule has 1 heterocycles. The first-order valence-corrected chi connectivity index (χ1v) is 4.85. The summed E-state index contributed by atoms with van der Waals surface area (Å²) in [4.78, 5) is 23.2. The minimum absolute atomic E-state index is 0.131. The van der Waals surface area contributed by atoms with Crippen LogP contribution >= 0.6 is 0 Å². The van der Waals surface area contributed by atoms with Gasteiger partial charge in [0, 0.05) is 6.54 Å². The van der Waals surface area contributed by atoms with Gasteiger partial charge in [0.2, 0.25) is 0 Å². The molecule has 2 N–H and O–H groups in total. The van der Waals surface area contributed by atoms with Crippen molar-refractivity contribution in [1.82, 2.24) is 10.2 Å².